The summed E-state index contributed by atoms with van der Waals surface area (Å²) in [5.41, 5.74) is 11.1. The molecule has 1 radical (unpaired) electrons. The Labute approximate surface area is 132 Å². The van der Waals surface area contributed by atoms with Gasteiger partial charge in [-0.05, 0) is 32.2 Å². The summed E-state index contributed by atoms with van der Waals surface area (Å²) in [7, 11) is 0. The molecule has 0 rings (SSSR count). The Bertz CT molecular complexity index is 363. The van der Waals surface area contributed by atoms with Gasteiger partial charge in [-0.2, -0.15) is 0 Å². The SMILES string of the molecule is CC[C@H](C)[C@@H]([C]=O)NC(=O)[C@H](C)NC(=O)[C@@H](N)CCCCN. The third-order valence-electron chi connectivity index (χ3n) is 3.70. The van der Waals surface area contributed by atoms with Crippen molar-refractivity contribution in [1.82, 2.24) is 10.6 Å². The first-order chi connectivity index (χ1) is 10.4. The fraction of sp³-hybridized carbons (Fsp3) is 0.800. The van der Waals surface area contributed by atoms with E-state index in [0.29, 0.717) is 13.0 Å². The topological polar surface area (TPSA) is 127 Å². The van der Waals surface area contributed by atoms with Crippen LogP contribution in [0.3, 0.4) is 0 Å². The highest BCUT2D eigenvalue weighted by Crippen LogP contribution is 2.06. The van der Waals surface area contributed by atoms with E-state index in [0.717, 1.165) is 19.3 Å². The molecule has 0 spiro atoms. The van der Waals surface area contributed by atoms with Gasteiger partial charge in [0.2, 0.25) is 18.1 Å². The average Bonchev–Trinajstić information content (AvgIpc) is 2.51. The van der Waals surface area contributed by atoms with E-state index in [1.807, 2.05) is 20.1 Å². The van der Waals surface area contributed by atoms with Gasteiger partial charge in [-0.25, -0.2) is 0 Å². The zero-order chi connectivity index (χ0) is 17.1. The van der Waals surface area contributed by atoms with Gasteiger partial charge < -0.3 is 22.1 Å². The second-order valence-corrected chi connectivity index (χ2v) is 5.61. The van der Waals surface area contributed by atoms with E-state index in [-0.39, 0.29) is 11.8 Å². The van der Waals surface area contributed by atoms with Crippen LogP contribution in [-0.4, -0.2) is 42.8 Å². The Kier molecular flexibility index (Phi) is 10.4. The molecule has 127 valence electrons. The fourth-order valence-electron chi connectivity index (χ4n) is 1.83. The highest BCUT2D eigenvalue weighted by atomic mass is 16.2. The summed E-state index contributed by atoms with van der Waals surface area (Å²) in [5.74, 6) is -0.811. The van der Waals surface area contributed by atoms with Crippen molar-refractivity contribution in [1.29, 1.82) is 0 Å². The Balaban J connectivity index is 4.33. The molecule has 7 nitrogen and oxygen atoms in total. The maximum atomic E-state index is 12.0. The van der Waals surface area contributed by atoms with Gasteiger partial charge in [0.25, 0.3) is 0 Å². The predicted molar refractivity (Wildman–Crippen MR) is 85.6 cm³/mol. The Morgan fingerprint density at radius 1 is 1.14 bits per heavy atom. The van der Waals surface area contributed by atoms with Gasteiger partial charge in [-0.3, -0.25) is 14.4 Å². The first-order valence-corrected chi connectivity index (χ1v) is 7.81. The summed E-state index contributed by atoms with van der Waals surface area (Å²) < 4.78 is 0. The Hall–Kier alpha value is -1.47. The summed E-state index contributed by atoms with van der Waals surface area (Å²) in [6.45, 7) is 5.89. The smallest absolute Gasteiger partial charge is 0.242 e. The minimum absolute atomic E-state index is 0.0112. The standard InChI is InChI=1S/C15H29N4O3/c1-4-10(2)13(9-20)19-14(21)11(3)18-15(22)12(17)7-5-6-8-16/h10-13H,4-8,16-17H2,1-3H3,(H,18,22)(H,19,21)/t10-,11-,12-,13+/m0/s1. The molecule has 6 N–H and O–H groups in total. The van der Waals surface area contributed by atoms with Gasteiger partial charge in [0.1, 0.15) is 6.04 Å². The largest absolute Gasteiger partial charge is 0.344 e. The van der Waals surface area contributed by atoms with Crippen molar-refractivity contribution in [3.8, 4) is 0 Å². The Morgan fingerprint density at radius 2 is 1.77 bits per heavy atom. The third kappa shape index (κ3) is 7.51. The maximum absolute atomic E-state index is 12.0. The van der Waals surface area contributed by atoms with Crippen LogP contribution in [-0.2, 0) is 14.4 Å². The van der Waals surface area contributed by atoms with Crippen LogP contribution in [0.15, 0.2) is 0 Å². The second kappa shape index (κ2) is 11.1. The summed E-state index contributed by atoms with van der Waals surface area (Å²) in [4.78, 5) is 34.7. The number of hydrogen-bond acceptors (Lipinski definition) is 5. The van der Waals surface area contributed by atoms with Crippen LogP contribution < -0.4 is 22.1 Å². The zero-order valence-corrected chi connectivity index (χ0v) is 13.7. The van der Waals surface area contributed by atoms with Crippen LogP contribution in [0, 0.1) is 5.92 Å². The molecule has 4 atom stereocenters. The van der Waals surface area contributed by atoms with Crippen molar-refractivity contribution in [3.05, 3.63) is 0 Å². The highest BCUT2D eigenvalue weighted by molar-refractivity contribution is 5.90. The van der Waals surface area contributed by atoms with Crippen molar-refractivity contribution in [2.75, 3.05) is 6.54 Å². The predicted octanol–water partition coefficient (Wildman–Crippen LogP) is -0.412. The van der Waals surface area contributed by atoms with Gasteiger partial charge in [-0.1, -0.05) is 26.7 Å². The first kappa shape index (κ1) is 20.5. The van der Waals surface area contributed by atoms with Gasteiger partial charge in [0.15, 0.2) is 0 Å². The summed E-state index contributed by atoms with van der Waals surface area (Å²) >= 11 is 0. The number of carbonyl (C=O) groups is 2. The van der Waals surface area contributed by atoms with Crippen LogP contribution in [0.4, 0.5) is 0 Å². The van der Waals surface area contributed by atoms with Crippen molar-refractivity contribution >= 4 is 18.1 Å². The highest BCUT2D eigenvalue weighted by Gasteiger charge is 2.24. The molecule has 0 heterocycles. The number of rotatable bonds is 11. The number of nitrogens with one attached hydrogen (secondary N) is 2. The zero-order valence-electron chi connectivity index (χ0n) is 13.7. The molecule has 0 bridgehead atoms. The quantitative estimate of drug-likeness (QED) is 0.386. The van der Waals surface area contributed by atoms with E-state index in [1.54, 1.807) is 6.92 Å². The van der Waals surface area contributed by atoms with E-state index in [2.05, 4.69) is 10.6 Å². The number of unbranched alkanes of at least 4 members (excludes halogenated alkanes) is 1. The Morgan fingerprint density at radius 3 is 2.27 bits per heavy atom. The minimum Gasteiger partial charge on any atom is -0.344 e. The van der Waals surface area contributed by atoms with Crippen LogP contribution in [0.5, 0.6) is 0 Å². The lowest BCUT2D eigenvalue weighted by atomic mass is 10.00. The van der Waals surface area contributed by atoms with E-state index < -0.39 is 24.0 Å². The van der Waals surface area contributed by atoms with Crippen molar-refractivity contribution in [2.24, 2.45) is 17.4 Å². The molecular formula is C15H29N4O3. The first-order valence-electron chi connectivity index (χ1n) is 7.81. The summed E-state index contributed by atoms with van der Waals surface area (Å²) in [5, 5.41) is 5.13. The second-order valence-electron chi connectivity index (χ2n) is 5.61. The number of nitrogens with two attached hydrogens (primary N) is 2. The molecule has 0 aromatic rings. The number of amides is 2. The number of carbonyl (C=O) groups excluding carboxylic acids is 3. The molecule has 0 aromatic heterocycles. The van der Waals surface area contributed by atoms with Crippen molar-refractivity contribution < 1.29 is 14.4 Å². The molecule has 0 aromatic carbocycles. The van der Waals surface area contributed by atoms with E-state index in [4.69, 9.17) is 11.5 Å². The maximum Gasteiger partial charge on any atom is 0.242 e. The lowest BCUT2D eigenvalue weighted by Gasteiger charge is -2.22. The summed E-state index contributed by atoms with van der Waals surface area (Å²) in [6, 6.07) is -2.09. The third-order valence-corrected chi connectivity index (χ3v) is 3.70. The molecular weight excluding hydrogens is 284 g/mol. The van der Waals surface area contributed by atoms with Gasteiger partial charge >= 0.3 is 0 Å². The lowest BCUT2D eigenvalue weighted by molar-refractivity contribution is -0.129. The molecule has 2 amide bonds. The average molecular weight is 313 g/mol. The van der Waals surface area contributed by atoms with Gasteiger partial charge in [0, 0.05) is 0 Å². The van der Waals surface area contributed by atoms with Crippen LogP contribution in [0.2, 0.25) is 0 Å². The molecule has 0 unspecified atom stereocenters. The normalized spacial score (nSPS) is 16.2. The summed E-state index contributed by atoms with van der Waals surface area (Å²) in [6.07, 6.45) is 4.66. The molecule has 7 heteroatoms. The van der Waals surface area contributed by atoms with Gasteiger partial charge in [-0.15, -0.1) is 0 Å². The number of hydrogen-bond donors (Lipinski definition) is 4. The molecule has 0 aliphatic heterocycles. The van der Waals surface area contributed by atoms with Crippen molar-refractivity contribution in [3.63, 3.8) is 0 Å². The molecule has 0 aliphatic rings. The van der Waals surface area contributed by atoms with E-state index >= 15 is 0 Å². The molecule has 0 saturated carbocycles. The van der Waals surface area contributed by atoms with Crippen LogP contribution >= 0.6 is 0 Å². The molecule has 0 fully saturated rings. The van der Waals surface area contributed by atoms with Gasteiger partial charge in [0.05, 0.1) is 12.1 Å². The molecule has 22 heavy (non-hydrogen) atoms. The monoisotopic (exact) mass is 313 g/mol. The fourth-order valence-corrected chi connectivity index (χ4v) is 1.83. The van der Waals surface area contributed by atoms with Crippen LogP contribution in [0.25, 0.3) is 0 Å². The van der Waals surface area contributed by atoms with E-state index in [9.17, 15) is 14.4 Å². The van der Waals surface area contributed by atoms with Crippen LogP contribution in [0.1, 0.15) is 46.5 Å². The lowest BCUT2D eigenvalue weighted by Crippen LogP contribution is -2.53. The molecule has 0 aliphatic carbocycles. The molecule has 0 saturated heterocycles. The minimum atomic E-state index is -0.757. The van der Waals surface area contributed by atoms with Crippen molar-refractivity contribution in [2.45, 2.75) is 64.6 Å². The van der Waals surface area contributed by atoms with E-state index in [1.165, 1.54) is 0 Å².